The van der Waals surface area contributed by atoms with Gasteiger partial charge in [-0.25, -0.2) is 4.98 Å². The van der Waals surface area contributed by atoms with Crippen LogP contribution in [0.5, 0.6) is 0 Å². The Labute approximate surface area is 134 Å². The smallest absolute Gasteiger partial charge is 0.291 e. The van der Waals surface area contributed by atoms with Crippen LogP contribution in [0.2, 0.25) is 0 Å². The van der Waals surface area contributed by atoms with E-state index in [-0.39, 0.29) is 5.91 Å². The molecule has 0 fully saturated rings. The fourth-order valence-electron chi connectivity index (χ4n) is 2.99. The van der Waals surface area contributed by atoms with E-state index in [9.17, 15) is 4.79 Å². The molecule has 0 radical (unpaired) electrons. The molecule has 5 nitrogen and oxygen atoms in total. The number of amides is 1. The molecule has 23 heavy (non-hydrogen) atoms. The minimum atomic E-state index is -0.222. The molecule has 0 saturated heterocycles. The Bertz CT molecular complexity index is 834. The predicted octanol–water partition coefficient (Wildman–Crippen LogP) is 3.27. The molecule has 116 valence electrons. The van der Waals surface area contributed by atoms with Crippen LogP contribution in [0.3, 0.4) is 0 Å². The maximum absolute atomic E-state index is 12.3. The fraction of sp³-hybridized carbons (Fsp3) is 0.222. The SMILES string of the molecule is O=C(Nc1ccc2c(c1)CCC2)c1ccc(Cn2ccnc2)o1. The van der Waals surface area contributed by atoms with E-state index < -0.39 is 0 Å². The second kappa shape index (κ2) is 5.76. The van der Waals surface area contributed by atoms with E-state index in [1.165, 1.54) is 17.5 Å². The van der Waals surface area contributed by atoms with Gasteiger partial charge in [0, 0.05) is 18.1 Å². The summed E-state index contributed by atoms with van der Waals surface area (Å²) in [5.41, 5.74) is 3.55. The zero-order chi connectivity index (χ0) is 15.6. The second-order valence-electron chi connectivity index (χ2n) is 5.79. The highest BCUT2D eigenvalue weighted by atomic mass is 16.4. The first-order valence-electron chi connectivity index (χ1n) is 7.75. The van der Waals surface area contributed by atoms with E-state index >= 15 is 0 Å². The quantitative estimate of drug-likeness (QED) is 0.805. The Hall–Kier alpha value is -2.82. The minimum absolute atomic E-state index is 0.222. The lowest BCUT2D eigenvalue weighted by Crippen LogP contribution is -2.11. The van der Waals surface area contributed by atoms with Gasteiger partial charge in [-0.3, -0.25) is 4.79 Å². The molecule has 0 saturated carbocycles. The highest BCUT2D eigenvalue weighted by Crippen LogP contribution is 2.25. The lowest BCUT2D eigenvalue weighted by Gasteiger charge is -2.06. The molecule has 0 bridgehead atoms. The summed E-state index contributed by atoms with van der Waals surface area (Å²) in [5, 5.41) is 2.91. The number of furan rings is 1. The monoisotopic (exact) mass is 307 g/mol. The number of rotatable bonds is 4. The molecule has 2 aromatic heterocycles. The summed E-state index contributed by atoms with van der Waals surface area (Å²) in [6, 6.07) is 9.64. The molecule has 0 atom stereocenters. The summed E-state index contributed by atoms with van der Waals surface area (Å²) < 4.78 is 7.51. The van der Waals surface area contributed by atoms with Gasteiger partial charge in [-0.05, 0) is 54.7 Å². The van der Waals surface area contributed by atoms with Gasteiger partial charge < -0.3 is 14.3 Å². The van der Waals surface area contributed by atoms with E-state index in [0.717, 1.165) is 24.3 Å². The van der Waals surface area contributed by atoms with Crippen LogP contribution < -0.4 is 5.32 Å². The summed E-state index contributed by atoms with van der Waals surface area (Å²) in [6.45, 7) is 0.562. The molecular weight excluding hydrogens is 290 g/mol. The number of aromatic nitrogens is 2. The van der Waals surface area contributed by atoms with E-state index in [1.807, 2.05) is 22.9 Å². The number of carbonyl (C=O) groups is 1. The van der Waals surface area contributed by atoms with Crippen LogP contribution >= 0.6 is 0 Å². The van der Waals surface area contributed by atoms with Crippen LogP contribution in [0.1, 0.15) is 33.9 Å². The van der Waals surface area contributed by atoms with Gasteiger partial charge in [0.1, 0.15) is 5.76 Å². The standard InChI is InChI=1S/C18H17N3O2/c22-18(20-15-5-4-13-2-1-3-14(13)10-15)17-7-6-16(23-17)11-21-9-8-19-12-21/h4-10,12H,1-3,11H2,(H,20,22). The summed E-state index contributed by atoms with van der Waals surface area (Å²) in [7, 11) is 0. The Morgan fingerprint density at radius 3 is 3.00 bits per heavy atom. The third kappa shape index (κ3) is 2.90. The fourth-order valence-corrected chi connectivity index (χ4v) is 2.99. The lowest BCUT2D eigenvalue weighted by molar-refractivity contribution is 0.0995. The van der Waals surface area contributed by atoms with E-state index in [1.54, 1.807) is 18.6 Å². The van der Waals surface area contributed by atoms with Crippen molar-refractivity contribution >= 4 is 11.6 Å². The van der Waals surface area contributed by atoms with Crippen LogP contribution in [0, 0.1) is 0 Å². The van der Waals surface area contributed by atoms with Crippen molar-refractivity contribution in [1.82, 2.24) is 9.55 Å². The van der Waals surface area contributed by atoms with Gasteiger partial charge in [-0.15, -0.1) is 0 Å². The van der Waals surface area contributed by atoms with E-state index in [2.05, 4.69) is 22.4 Å². The molecule has 0 aliphatic heterocycles. The number of nitrogens with zero attached hydrogens (tertiary/aromatic N) is 2. The molecule has 3 aromatic rings. The molecule has 4 rings (SSSR count). The second-order valence-corrected chi connectivity index (χ2v) is 5.79. The Kier molecular flexibility index (Phi) is 3.46. The van der Waals surface area contributed by atoms with Crippen molar-refractivity contribution in [1.29, 1.82) is 0 Å². The van der Waals surface area contributed by atoms with Gasteiger partial charge in [0.15, 0.2) is 5.76 Å². The van der Waals surface area contributed by atoms with Crippen molar-refractivity contribution in [2.45, 2.75) is 25.8 Å². The molecule has 2 heterocycles. The predicted molar refractivity (Wildman–Crippen MR) is 86.5 cm³/mol. The van der Waals surface area contributed by atoms with Crippen molar-refractivity contribution in [3.8, 4) is 0 Å². The van der Waals surface area contributed by atoms with Crippen molar-refractivity contribution < 1.29 is 9.21 Å². The summed E-state index contributed by atoms with van der Waals surface area (Å²) in [6.07, 6.45) is 8.71. The van der Waals surface area contributed by atoms with Gasteiger partial charge in [0.2, 0.25) is 0 Å². The Morgan fingerprint density at radius 1 is 1.22 bits per heavy atom. The van der Waals surface area contributed by atoms with E-state index in [0.29, 0.717) is 12.3 Å². The first kappa shape index (κ1) is 13.8. The highest BCUT2D eigenvalue weighted by molar-refractivity contribution is 6.02. The number of hydrogen-bond acceptors (Lipinski definition) is 3. The maximum Gasteiger partial charge on any atom is 0.291 e. The molecule has 1 aromatic carbocycles. The molecule has 5 heteroatoms. The highest BCUT2D eigenvalue weighted by Gasteiger charge is 2.14. The molecule has 1 aliphatic carbocycles. The lowest BCUT2D eigenvalue weighted by atomic mass is 10.1. The number of benzene rings is 1. The number of imidazole rings is 1. The van der Waals surface area contributed by atoms with Crippen LogP contribution in [0.15, 0.2) is 53.5 Å². The van der Waals surface area contributed by atoms with Crippen LogP contribution in [0.25, 0.3) is 0 Å². The molecule has 0 unspecified atom stereocenters. The average molecular weight is 307 g/mol. The van der Waals surface area contributed by atoms with Crippen molar-refractivity contribution in [2.24, 2.45) is 0 Å². The zero-order valence-corrected chi connectivity index (χ0v) is 12.7. The summed E-state index contributed by atoms with van der Waals surface area (Å²) in [5.74, 6) is 0.822. The van der Waals surface area contributed by atoms with Crippen LogP contribution in [-0.2, 0) is 19.4 Å². The largest absolute Gasteiger partial charge is 0.454 e. The number of anilines is 1. The molecule has 0 spiro atoms. The Balaban J connectivity index is 1.46. The first-order valence-corrected chi connectivity index (χ1v) is 7.75. The van der Waals surface area contributed by atoms with Gasteiger partial charge in [0.05, 0.1) is 12.9 Å². The minimum Gasteiger partial charge on any atom is -0.454 e. The maximum atomic E-state index is 12.3. The van der Waals surface area contributed by atoms with Crippen LogP contribution in [-0.4, -0.2) is 15.5 Å². The molecule has 1 amide bonds. The molecule has 1 aliphatic rings. The third-order valence-electron chi connectivity index (χ3n) is 4.14. The summed E-state index contributed by atoms with van der Waals surface area (Å²) in [4.78, 5) is 16.3. The number of aryl methyl sites for hydroxylation is 2. The van der Waals surface area contributed by atoms with Crippen molar-refractivity contribution in [3.05, 3.63) is 71.7 Å². The molecular formula is C18H17N3O2. The normalized spacial score (nSPS) is 13.0. The zero-order valence-electron chi connectivity index (χ0n) is 12.7. The van der Waals surface area contributed by atoms with Crippen LogP contribution in [0.4, 0.5) is 5.69 Å². The average Bonchev–Trinajstić information content (AvgIpc) is 3.28. The number of nitrogens with one attached hydrogen (secondary N) is 1. The summed E-state index contributed by atoms with van der Waals surface area (Å²) >= 11 is 0. The van der Waals surface area contributed by atoms with Gasteiger partial charge in [0.25, 0.3) is 5.91 Å². The topological polar surface area (TPSA) is 60.1 Å². The number of carbonyl (C=O) groups excluding carboxylic acids is 1. The first-order chi connectivity index (χ1) is 11.3. The van der Waals surface area contributed by atoms with E-state index in [4.69, 9.17) is 4.42 Å². The number of fused-ring (bicyclic) bond motifs is 1. The number of hydrogen-bond donors (Lipinski definition) is 1. The molecule has 1 N–H and O–H groups in total. The third-order valence-corrected chi connectivity index (χ3v) is 4.14. The van der Waals surface area contributed by atoms with Crippen molar-refractivity contribution in [2.75, 3.05) is 5.32 Å². The van der Waals surface area contributed by atoms with Gasteiger partial charge in [-0.1, -0.05) is 6.07 Å². The van der Waals surface area contributed by atoms with Crippen molar-refractivity contribution in [3.63, 3.8) is 0 Å². The Morgan fingerprint density at radius 2 is 2.13 bits per heavy atom. The van der Waals surface area contributed by atoms with Gasteiger partial charge in [-0.2, -0.15) is 0 Å². The van der Waals surface area contributed by atoms with Gasteiger partial charge >= 0.3 is 0 Å².